The number of carbonyl (C=O) groups excluding carboxylic acids is 1. The lowest BCUT2D eigenvalue weighted by molar-refractivity contribution is -0.143. The molecule has 3 fully saturated rings. The number of rotatable bonds is 3. The van der Waals surface area contributed by atoms with Gasteiger partial charge in [0.05, 0.1) is 6.04 Å². The van der Waals surface area contributed by atoms with Crippen LogP contribution in [0.2, 0.25) is 0 Å². The minimum absolute atomic E-state index is 0.0600. The van der Waals surface area contributed by atoms with Crippen molar-refractivity contribution in [2.24, 2.45) is 0 Å². The molecule has 6 heteroatoms. The molecule has 3 aliphatic rings. The summed E-state index contributed by atoms with van der Waals surface area (Å²) < 4.78 is 0. The van der Waals surface area contributed by atoms with Crippen molar-refractivity contribution >= 4 is 11.9 Å². The fourth-order valence-electron chi connectivity index (χ4n) is 4.16. The van der Waals surface area contributed by atoms with Crippen LogP contribution in [0.5, 0.6) is 0 Å². The highest BCUT2D eigenvalue weighted by Gasteiger charge is 2.40. The summed E-state index contributed by atoms with van der Waals surface area (Å²) in [5.74, 6) is -0.430. The lowest BCUT2D eigenvalue weighted by Gasteiger charge is -2.40. The Labute approximate surface area is 125 Å². The summed E-state index contributed by atoms with van der Waals surface area (Å²) in [5, 5.41) is 9.30. The van der Waals surface area contributed by atoms with Crippen molar-refractivity contribution in [1.82, 2.24) is 14.7 Å². The van der Waals surface area contributed by atoms with Crippen LogP contribution in [0.1, 0.15) is 32.1 Å². The highest BCUT2D eigenvalue weighted by molar-refractivity contribution is 5.83. The molecule has 1 N–H and O–H groups in total. The quantitative estimate of drug-likeness (QED) is 0.807. The monoisotopic (exact) mass is 295 g/mol. The molecule has 21 heavy (non-hydrogen) atoms. The molecule has 0 radical (unpaired) electrons. The summed E-state index contributed by atoms with van der Waals surface area (Å²) in [6.45, 7) is 3.60. The fourth-order valence-corrected chi connectivity index (χ4v) is 4.16. The van der Waals surface area contributed by atoms with Gasteiger partial charge in [0.2, 0.25) is 5.91 Å². The van der Waals surface area contributed by atoms with E-state index in [0.29, 0.717) is 6.04 Å². The van der Waals surface area contributed by atoms with Crippen LogP contribution in [0.3, 0.4) is 0 Å². The molecule has 0 aliphatic carbocycles. The smallest absolute Gasteiger partial charge is 0.320 e. The Bertz CT molecular complexity index is 420. The van der Waals surface area contributed by atoms with Crippen LogP contribution in [0.15, 0.2) is 0 Å². The molecular weight excluding hydrogens is 270 g/mol. The molecule has 0 aromatic carbocycles. The fraction of sp³-hybridized carbons (Fsp3) is 0.867. The van der Waals surface area contributed by atoms with Gasteiger partial charge in [-0.15, -0.1) is 0 Å². The number of carbonyl (C=O) groups is 2. The van der Waals surface area contributed by atoms with E-state index in [0.717, 1.165) is 58.3 Å². The standard InChI is InChI=1S/C15H25N3O3/c1-16-8-6-12(14(16)19)17-9-4-11(5-10-17)18-7-2-3-13(18)15(20)21/h11-13H,2-10H2,1H3,(H,20,21). The van der Waals surface area contributed by atoms with Crippen LogP contribution in [0, 0.1) is 0 Å². The first-order valence-electron chi connectivity index (χ1n) is 8.05. The second kappa shape index (κ2) is 5.93. The van der Waals surface area contributed by atoms with Crippen molar-refractivity contribution in [3.63, 3.8) is 0 Å². The number of carboxylic acid groups (broad SMARTS) is 1. The predicted octanol–water partition coefficient (Wildman–Crippen LogP) is 0.231. The molecule has 0 bridgehead atoms. The van der Waals surface area contributed by atoms with E-state index in [4.69, 9.17) is 0 Å². The highest BCUT2D eigenvalue weighted by atomic mass is 16.4. The minimum Gasteiger partial charge on any atom is -0.480 e. The molecule has 1 amide bonds. The van der Waals surface area contributed by atoms with Gasteiger partial charge in [0.1, 0.15) is 6.04 Å². The summed E-state index contributed by atoms with van der Waals surface area (Å²) in [6.07, 6.45) is 4.67. The number of amides is 1. The first-order chi connectivity index (χ1) is 10.1. The van der Waals surface area contributed by atoms with Gasteiger partial charge in [0, 0.05) is 32.7 Å². The van der Waals surface area contributed by atoms with Crippen molar-refractivity contribution in [2.45, 2.75) is 50.2 Å². The summed E-state index contributed by atoms with van der Waals surface area (Å²) in [6, 6.07) is 0.143. The summed E-state index contributed by atoms with van der Waals surface area (Å²) >= 11 is 0. The average molecular weight is 295 g/mol. The Morgan fingerprint density at radius 2 is 1.81 bits per heavy atom. The minimum atomic E-state index is -0.678. The number of hydrogen-bond donors (Lipinski definition) is 1. The molecule has 2 atom stereocenters. The van der Waals surface area contributed by atoms with Crippen molar-refractivity contribution < 1.29 is 14.7 Å². The van der Waals surface area contributed by atoms with Crippen molar-refractivity contribution in [1.29, 1.82) is 0 Å². The Kier molecular flexibility index (Phi) is 4.17. The van der Waals surface area contributed by atoms with E-state index < -0.39 is 5.97 Å². The molecular formula is C15H25N3O3. The summed E-state index contributed by atoms with van der Waals surface area (Å²) in [4.78, 5) is 29.7. The normalized spacial score (nSPS) is 33.0. The number of piperidine rings is 1. The van der Waals surface area contributed by atoms with Crippen LogP contribution in [0.25, 0.3) is 0 Å². The molecule has 0 spiro atoms. The number of likely N-dealkylation sites (tertiary alicyclic amines) is 3. The molecule has 0 aromatic rings. The molecule has 6 nitrogen and oxygen atoms in total. The van der Waals surface area contributed by atoms with Crippen LogP contribution in [-0.4, -0.2) is 83.0 Å². The van der Waals surface area contributed by atoms with Gasteiger partial charge in [-0.3, -0.25) is 19.4 Å². The molecule has 0 aromatic heterocycles. The van der Waals surface area contributed by atoms with Gasteiger partial charge in [0.25, 0.3) is 0 Å². The Hall–Kier alpha value is -1.14. The maximum Gasteiger partial charge on any atom is 0.320 e. The predicted molar refractivity (Wildman–Crippen MR) is 78.0 cm³/mol. The zero-order valence-electron chi connectivity index (χ0n) is 12.7. The third-order valence-electron chi connectivity index (χ3n) is 5.39. The zero-order chi connectivity index (χ0) is 15.0. The topological polar surface area (TPSA) is 64.1 Å². The first kappa shape index (κ1) is 14.8. The van der Waals surface area contributed by atoms with E-state index in [1.54, 1.807) is 0 Å². The van der Waals surface area contributed by atoms with E-state index in [2.05, 4.69) is 9.80 Å². The lowest BCUT2D eigenvalue weighted by Crippen LogP contribution is -2.52. The van der Waals surface area contributed by atoms with Crippen LogP contribution in [-0.2, 0) is 9.59 Å². The van der Waals surface area contributed by atoms with Gasteiger partial charge >= 0.3 is 5.97 Å². The molecule has 2 unspecified atom stereocenters. The summed E-state index contributed by atoms with van der Waals surface area (Å²) in [7, 11) is 1.87. The largest absolute Gasteiger partial charge is 0.480 e. The Balaban J connectivity index is 1.56. The van der Waals surface area contributed by atoms with E-state index in [-0.39, 0.29) is 18.0 Å². The molecule has 3 rings (SSSR count). The maximum atomic E-state index is 12.1. The van der Waals surface area contributed by atoms with E-state index >= 15 is 0 Å². The number of aliphatic carboxylic acids is 1. The van der Waals surface area contributed by atoms with Gasteiger partial charge in [0.15, 0.2) is 0 Å². The highest BCUT2D eigenvalue weighted by Crippen LogP contribution is 2.28. The molecule has 3 aliphatic heterocycles. The van der Waals surface area contributed by atoms with Crippen molar-refractivity contribution in [2.75, 3.05) is 33.2 Å². The van der Waals surface area contributed by atoms with Gasteiger partial charge < -0.3 is 10.0 Å². The number of hydrogen-bond acceptors (Lipinski definition) is 4. The third kappa shape index (κ3) is 2.79. The Morgan fingerprint density at radius 1 is 1.10 bits per heavy atom. The first-order valence-corrected chi connectivity index (χ1v) is 8.05. The molecule has 0 saturated carbocycles. The molecule has 118 valence electrons. The van der Waals surface area contributed by atoms with Gasteiger partial charge in [-0.25, -0.2) is 0 Å². The zero-order valence-corrected chi connectivity index (χ0v) is 12.7. The second-order valence-corrected chi connectivity index (χ2v) is 6.57. The number of nitrogens with zero attached hydrogens (tertiary/aromatic N) is 3. The number of likely N-dealkylation sites (N-methyl/N-ethyl adjacent to an activating group) is 1. The van der Waals surface area contributed by atoms with E-state index in [1.165, 1.54) is 0 Å². The van der Waals surface area contributed by atoms with E-state index in [1.807, 2.05) is 11.9 Å². The van der Waals surface area contributed by atoms with Crippen LogP contribution < -0.4 is 0 Å². The van der Waals surface area contributed by atoms with E-state index in [9.17, 15) is 14.7 Å². The second-order valence-electron chi connectivity index (χ2n) is 6.57. The van der Waals surface area contributed by atoms with Crippen molar-refractivity contribution in [3.05, 3.63) is 0 Å². The van der Waals surface area contributed by atoms with Gasteiger partial charge in [-0.05, 0) is 38.6 Å². The summed E-state index contributed by atoms with van der Waals surface area (Å²) in [5.41, 5.74) is 0. The molecule has 3 saturated heterocycles. The van der Waals surface area contributed by atoms with Crippen LogP contribution >= 0.6 is 0 Å². The molecule has 3 heterocycles. The maximum absolute atomic E-state index is 12.1. The van der Waals surface area contributed by atoms with Crippen molar-refractivity contribution in [3.8, 4) is 0 Å². The van der Waals surface area contributed by atoms with Gasteiger partial charge in [-0.1, -0.05) is 0 Å². The van der Waals surface area contributed by atoms with Crippen LogP contribution in [0.4, 0.5) is 0 Å². The lowest BCUT2D eigenvalue weighted by atomic mass is 10.00. The average Bonchev–Trinajstić information content (AvgIpc) is 3.08. The number of carboxylic acids is 1. The SMILES string of the molecule is CN1CCC(N2CCC(N3CCCC3C(=O)O)CC2)C1=O. The van der Waals surface area contributed by atoms with Gasteiger partial charge in [-0.2, -0.15) is 0 Å². The third-order valence-corrected chi connectivity index (χ3v) is 5.39. The Morgan fingerprint density at radius 3 is 2.38 bits per heavy atom.